The third-order valence-electron chi connectivity index (χ3n) is 5.92. The maximum absolute atomic E-state index is 13.4. The molecule has 0 saturated heterocycles. The summed E-state index contributed by atoms with van der Waals surface area (Å²) >= 11 is 0. The van der Waals surface area contributed by atoms with E-state index in [1.54, 1.807) is 27.0 Å². The summed E-state index contributed by atoms with van der Waals surface area (Å²) in [4.78, 5) is 26.3. The van der Waals surface area contributed by atoms with E-state index < -0.39 is 10.0 Å². The van der Waals surface area contributed by atoms with Crippen molar-refractivity contribution in [2.75, 3.05) is 12.4 Å². The molecule has 39 heavy (non-hydrogen) atoms. The number of rotatable bonds is 7. The molecule has 196 valence electrons. The molecule has 0 aliphatic heterocycles. The van der Waals surface area contributed by atoms with Crippen LogP contribution in [0.1, 0.15) is 21.9 Å². The first-order valence-corrected chi connectivity index (χ1v) is 13.4. The van der Waals surface area contributed by atoms with Gasteiger partial charge in [-0.15, -0.1) is 0 Å². The molecule has 0 spiro atoms. The minimum Gasteiger partial charge on any atom is -0.497 e. The van der Waals surface area contributed by atoms with E-state index in [0.717, 1.165) is 11.3 Å². The molecule has 5 aromatic rings. The Morgan fingerprint density at radius 1 is 0.872 bits per heavy atom. The van der Waals surface area contributed by atoms with Crippen LogP contribution in [0.2, 0.25) is 0 Å². The van der Waals surface area contributed by atoms with Gasteiger partial charge in [-0.2, -0.15) is 0 Å². The first-order valence-electron chi connectivity index (χ1n) is 12.0. The summed E-state index contributed by atoms with van der Waals surface area (Å²) in [5.74, 6) is 0.865. The van der Waals surface area contributed by atoms with Gasteiger partial charge in [-0.25, -0.2) is 13.4 Å². The van der Waals surface area contributed by atoms with Crippen LogP contribution in [0.4, 0.5) is 11.5 Å². The van der Waals surface area contributed by atoms with Crippen molar-refractivity contribution in [2.24, 2.45) is 0 Å². The van der Waals surface area contributed by atoms with E-state index >= 15 is 0 Å². The van der Waals surface area contributed by atoms with Gasteiger partial charge in [0.1, 0.15) is 5.75 Å². The van der Waals surface area contributed by atoms with Gasteiger partial charge in [0, 0.05) is 28.2 Å². The Kier molecular flexibility index (Phi) is 6.95. The van der Waals surface area contributed by atoms with Gasteiger partial charge in [0.05, 0.1) is 28.8 Å². The Balaban J connectivity index is 1.40. The zero-order valence-corrected chi connectivity index (χ0v) is 22.2. The number of carbonyl (C=O) groups is 1. The Hall–Kier alpha value is -4.83. The maximum Gasteiger partial charge on any atom is 0.256 e. The van der Waals surface area contributed by atoms with E-state index in [1.165, 1.54) is 30.3 Å². The highest BCUT2D eigenvalue weighted by Crippen LogP contribution is 2.29. The molecule has 0 unspecified atom stereocenters. The molecular weight excluding hydrogens is 514 g/mol. The van der Waals surface area contributed by atoms with Crippen LogP contribution in [0.25, 0.3) is 26.9 Å². The number of pyridine rings is 1. The summed E-state index contributed by atoms with van der Waals surface area (Å²) in [5, 5.41) is 3.55. The molecule has 0 atom stereocenters. The average Bonchev–Trinajstić information content (AvgIpc) is 2.92. The molecule has 0 radical (unpaired) electrons. The van der Waals surface area contributed by atoms with Crippen molar-refractivity contribution in [1.82, 2.24) is 15.0 Å². The fourth-order valence-electron chi connectivity index (χ4n) is 4.10. The lowest BCUT2D eigenvalue weighted by Crippen LogP contribution is -2.13. The number of hydrogen-bond acceptors (Lipinski definition) is 7. The lowest BCUT2D eigenvalue weighted by molar-refractivity contribution is 0.102. The largest absolute Gasteiger partial charge is 0.497 e. The van der Waals surface area contributed by atoms with Crippen LogP contribution in [-0.4, -0.2) is 36.4 Å². The fourth-order valence-corrected chi connectivity index (χ4v) is 5.03. The molecule has 9 nitrogen and oxygen atoms in total. The molecule has 0 saturated carbocycles. The summed E-state index contributed by atoms with van der Waals surface area (Å²) in [6.45, 7) is 3.41. The smallest absolute Gasteiger partial charge is 0.256 e. The van der Waals surface area contributed by atoms with E-state index in [0.29, 0.717) is 39.4 Å². The van der Waals surface area contributed by atoms with Crippen LogP contribution in [0.3, 0.4) is 0 Å². The quantitative estimate of drug-likeness (QED) is 0.271. The summed E-state index contributed by atoms with van der Waals surface area (Å²) in [5.41, 5.74) is 3.64. The van der Waals surface area contributed by atoms with Gasteiger partial charge < -0.3 is 19.8 Å². The van der Waals surface area contributed by atoms with Gasteiger partial charge in [-0.1, -0.05) is 18.2 Å². The van der Waals surface area contributed by atoms with Gasteiger partial charge in [0.25, 0.3) is 5.91 Å². The summed E-state index contributed by atoms with van der Waals surface area (Å²) in [6, 6.07) is 23.9. The highest BCUT2D eigenvalue weighted by molar-refractivity contribution is 7.94. The van der Waals surface area contributed by atoms with E-state index in [9.17, 15) is 13.2 Å². The second-order valence-corrected chi connectivity index (χ2v) is 10.4. The van der Waals surface area contributed by atoms with Gasteiger partial charge in [0.2, 0.25) is 10.0 Å². The molecule has 5 rings (SSSR count). The Morgan fingerprint density at radius 3 is 2.28 bits per heavy atom. The highest BCUT2D eigenvalue weighted by Gasteiger charge is 2.16. The van der Waals surface area contributed by atoms with Crippen molar-refractivity contribution in [3.8, 4) is 17.0 Å². The van der Waals surface area contributed by atoms with Crippen LogP contribution in [-0.2, 0) is 10.0 Å². The number of aromatic nitrogens is 3. The number of anilines is 1. The zero-order chi connectivity index (χ0) is 27.6. The van der Waals surface area contributed by atoms with Crippen molar-refractivity contribution < 1.29 is 17.9 Å². The van der Waals surface area contributed by atoms with Crippen LogP contribution < -0.4 is 10.1 Å². The number of amides is 1. The molecule has 2 aromatic heterocycles. The number of benzene rings is 3. The van der Waals surface area contributed by atoms with E-state index in [2.05, 4.69) is 20.0 Å². The predicted octanol–water partition coefficient (Wildman–Crippen LogP) is 5.96. The molecule has 0 bridgehead atoms. The van der Waals surface area contributed by atoms with Crippen LogP contribution >= 0.6 is 0 Å². The number of methoxy groups -OCH3 is 1. The number of carbonyl (C=O) groups excluding carboxylic acids is 1. The monoisotopic (exact) mass is 538 g/mol. The van der Waals surface area contributed by atoms with Gasteiger partial charge in [0.15, 0.2) is 0 Å². The molecule has 0 fully saturated rings. The molecule has 0 aliphatic rings. The van der Waals surface area contributed by atoms with Crippen molar-refractivity contribution in [3.63, 3.8) is 0 Å². The molecule has 2 heterocycles. The third-order valence-corrected chi connectivity index (χ3v) is 7.22. The second kappa shape index (κ2) is 10.5. The Bertz CT molecular complexity index is 1770. The lowest BCUT2D eigenvalue weighted by Gasteiger charge is -2.17. The summed E-state index contributed by atoms with van der Waals surface area (Å²) in [7, 11) is -2.41. The van der Waals surface area contributed by atoms with Gasteiger partial charge in [-0.3, -0.25) is 9.78 Å². The van der Waals surface area contributed by atoms with Crippen LogP contribution in [0.15, 0.2) is 89.8 Å². The number of nitrogens with one attached hydrogen (secondary N) is 1. The van der Waals surface area contributed by atoms with Crippen LogP contribution in [0, 0.1) is 13.8 Å². The predicted molar refractivity (Wildman–Crippen MR) is 150 cm³/mol. The standard InChI is InChI=1S/C29H25N5O4S/c1-18-16-28(31-19(2)30-18)34-39(36,37)23-14-10-21(11-15-23)32-29(35)25-17-27(20-8-12-22(38-3)13-9-20)33-26-7-5-4-6-24(25)26/h4-17H,1-3H3,(H2,30,31,32,34,35)/p-1. The number of nitrogens with zero attached hydrogens (tertiary/aromatic N) is 4. The first-order chi connectivity index (χ1) is 18.7. The Labute approximate surface area is 226 Å². The first kappa shape index (κ1) is 25.8. The molecule has 1 amide bonds. The van der Waals surface area contributed by atoms with Gasteiger partial charge in [-0.05, 0) is 86.4 Å². The highest BCUT2D eigenvalue weighted by atomic mass is 32.2. The SMILES string of the molecule is COc1ccc(-c2cc(C(=O)Nc3ccc(S(=O)(=O)[N-]c4cc(C)nc(C)n4)cc3)c3ccccc3n2)cc1. The van der Waals surface area contributed by atoms with Crippen molar-refractivity contribution in [2.45, 2.75) is 18.7 Å². The number of fused-ring (bicyclic) bond motifs is 1. The molecule has 1 N–H and O–H groups in total. The van der Waals surface area contributed by atoms with E-state index in [-0.39, 0.29) is 16.6 Å². The van der Waals surface area contributed by atoms with Crippen molar-refractivity contribution in [1.29, 1.82) is 0 Å². The maximum atomic E-state index is 13.4. The molecule has 0 aliphatic carbocycles. The number of ether oxygens (including phenoxy) is 1. The molecular formula is C29H24N5O4S-. The second-order valence-electron chi connectivity index (χ2n) is 8.76. The lowest BCUT2D eigenvalue weighted by atomic mass is 10.0. The topological polar surface area (TPSA) is 125 Å². The minimum atomic E-state index is -4.01. The summed E-state index contributed by atoms with van der Waals surface area (Å²) < 4.78 is 34.7. The van der Waals surface area contributed by atoms with Crippen LogP contribution in [0.5, 0.6) is 5.75 Å². The molecule has 3 aromatic carbocycles. The van der Waals surface area contributed by atoms with E-state index in [1.807, 2.05) is 48.5 Å². The summed E-state index contributed by atoms with van der Waals surface area (Å²) in [6.07, 6.45) is 0. The third kappa shape index (κ3) is 5.70. The number of aryl methyl sites for hydroxylation is 2. The number of para-hydroxylation sites is 1. The average molecular weight is 539 g/mol. The molecule has 10 heteroatoms. The minimum absolute atomic E-state index is 0.0226. The Morgan fingerprint density at radius 2 is 1.59 bits per heavy atom. The number of hydrogen-bond donors (Lipinski definition) is 1. The normalized spacial score (nSPS) is 11.3. The number of sulfonamides is 1. The van der Waals surface area contributed by atoms with E-state index in [4.69, 9.17) is 9.72 Å². The van der Waals surface area contributed by atoms with Crippen molar-refractivity contribution >= 4 is 38.3 Å². The fraction of sp³-hybridized carbons (Fsp3) is 0.103. The van der Waals surface area contributed by atoms with Crippen molar-refractivity contribution in [3.05, 3.63) is 107 Å². The zero-order valence-electron chi connectivity index (χ0n) is 21.4. The van der Waals surface area contributed by atoms with Gasteiger partial charge >= 0.3 is 0 Å².